The molecule has 1 atom stereocenters. The van der Waals surface area contributed by atoms with Gasteiger partial charge in [0, 0.05) is 24.0 Å². The Bertz CT molecular complexity index is 716. The third-order valence-corrected chi connectivity index (χ3v) is 5.36. The molecule has 0 radical (unpaired) electrons. The standard InChI is InChI=1S/C17H29N3O5S2/c1-5-25-17(22)20-13(10-12(2)3)11-18-16(21)15-7-6-14(26-15)8-9-19-27(4,23)24/h6-7,12-13,19H,5,8-11H2,1-4H3,(H,18,21)(H,20,22). The van der Waals surface area contributed by atoms with Crippen LogP contribution < -0.4 is 15.4 Å². The van der Waals surface area contributed by atoms with Crippen LogP contribution in [0.5, 0.6) is 0 Å². The molecule has 0 aromatic carbocycles. The number of amides is 2. The summed E-state index contributed by atoms with van der Waals surface area (Å²) in [6.45, 7) is 6.70. The fourth-order valence-corrected chi connectivity index (χ4v) is 3.80. The monoisotopic (exact) mass is 419 g/mol. The van der Waals surface area contributed by atoms with E-state index in [0.29, 0.717) is 43.3 Å². The Morgan fingerprint density at radius 2 is 1.96 bits per heavy atom. The number of hydrogen-bond acceptors (Lipinski definition) is 6. The number of nitrogens with one attached hydrogen (secondary N) is 3. The van der Waals surface area contributed by atoms with Crippen LogP contribution in [0.15, 0.2) is 12.1 Å². The maximum Gasteiger partial charge on any atom is 0.407 e. The fraction of sp³-hybridized carbons (Fsp3) is 0.647. The quantitative estimate of drug-likeness (QED) is 0.505. The van der Waals surface area contributed by atoms with E-state index in [1.165, 1.54) is 11.3 Å². The van der Waals surface area contributed by atoms with Gasteiger partial charge in [0.1, 0.15) is 0 Å². The van der Waals surface area contributed by atoms with Gasteiger partial charge in [-0.25, -0.2) is 17.9 Å². The molecule has 0 fully saturated rings. The van der Waals surface area contributed by atoms with Crippen LogP contribution in [0.3, 0.4) is 0 Å². The number of carbonyl (C=O) groups is 2. The Labute approximate surface area is 165 Å². The molecule has 3 N–H and O–H groups in total. The molecule has 0 bridgehead atoms. The van der Waals surface area contributed by atoms with E-state index in [9.17, 15) is 18.0 Å². The SMILES string of the molecule is CCOC(=O)NC(CNC(=O)c1ccc(CCNS(C)(=O)=O)s1)CC(C)C. The maximum atomic E-state index is 12.3. The summed E-state index contributed by atoms with van der Waals surface area (Å²) in [7, 11) is -3.22. The van der Waals surface area contributed by atoms with Crippen molar-refractivity contribution in [3.63, 3.8) is 0 Å². The van der Waals surface area contributed by atoms with Crippen LogP contribution in [0, 0.1) is 5.92 Å². The zero-order chi connectivity index (χ0) is 20.4. The predicted octanol–water partition coefficient (Wildman–Crippen LogP) is 1.73. The third-order valence-electron chi connectivity index (χ3n) is 3.48. The zero-order valence-electron chi connectivity index (χ0n) is 16.2. The van der Waals surface area contributed by atoms with Crippen LogP contribution in [0.1, 0.15) is 41.7 Å². The van der Waals surface area contributed by atoms with E-state index >= 15 is 0 Å². The summed E-state index contributed by atoms with van der Waals surface area (Å²) in [5.41, 5.74) is 0. The van der Waals surface area contributed by atoms with E-state index in [1.54, 1.807) is 13.0 Å². The van der Waals surface area contributed by atoms with Crippen molar-refractivity contribution in [3.05, 3.63) is 21.9 Å². The van der Waals surface area contributed by atoms with Crippen molar-refractivity contribution in [2.75, 3.05) is 26.0 Å². The van der Waals surface area contributed by atoms with Crippen molar-refractivity contribution < 1.29 is 22.7 Å². The van der Waals surface area contributed by atoms with Gasteiger partial charge in [-0.1, -0.05) is 13.8 Å². The smallest absolute Gasteiger partial charge is 0.407 e. The first kappa shape index (κ1) is 23.4. The summed E-state index contributed by atoms with van der Waals surface area (Å²) in [5.74, 6) is 0.131. The number of hydrogen-bond donors (Lipinski definition) is 3. The van der Waals surface area contributed by atoms with E-state index < -0.39 is 16.1 Å². The molecule has 1 heterocycles. The molecule has 154 valence electrons. The Morgan fingerprint density at radius 1 is 1.26 bits per heavy atom. The fourth-order valence-electron chi connectivity index (χ4n) is 2.40. The minimum absolute atomic E-state index is 0.216. The van der Waals surface area contributed by atoms with Gasteiger partial charge >= 0.3 is 6.09 Å². The van der Waals surface area contributed by atoms with Crippen molar-refractivity contribution in [3.8, 4) is 0 Å². The summed E-state index contributed by atoms with van der Waals surface area (Å²) < 4.78 is 29.5. The van der Waals surface area contributed by atoms with Crippen molar-refractivity contribution in [2.24, 2.45) is 5.92 Å². The van der Waals surface area contributed by atoms with Gasteiger partial charge in [0.25, 0.3) is 5.91 Å². The minimum Gasteiger partial charge on any atom is -0.450 e. The van der Waals surface area contributed by atoms with E-state index in [-0.39, 0.29) is 11.9 Å². The molecule has 0 saturated carbocycles. The van der Waals surface area contributed by atoms with Gasteiger partial charge in [0.2, 0.25) is 10.0 Å². The molecule has 1 aromatic rings. The third kappa shape index (κ3) is 10.3. The highest BCUT2D eigenvalue weighted by atomic mass is 32.2. The summed E-state index contributed by atoms with van der Waals surface area (Å²) in [6, 6.07) is 3.31. The first-order valence-corrected chi connectivity index (χ1v) is 11.6. The molecule has 10 heteroatoms. The lowest BCUT2D eigenvalue weighted by molar-refractivity contribution is 0.0948. The summed E-state index contributed by atoms with van der Waals surface area (Å²) in [6.07, 6.45) is 1.85. The van der Waals surface area contributed by atoms with Gasteiger partial charge in [-0.15, -0.1) is 11.3 Å². The number of alkyl carbamates (subject to hydrolysis) is 1. The molecule has 0 saturated heterocycles. The van der Waals surface area contributed by atoms with Crippen LogP contribution in [-0.2, 0) is 21.2 Å². The lowest BCUT2D eigenvalue weighted by Gasteiger charge is -2.20. The van der Waals surface area contributed by atoms with Crippen LogP contribution in [0.25, 0.3) is 0 Å². The zero-order valence-corrected chi connectivity index (χ0v) is 17.8. The lowest BCUT2D eigenvalue weighted by atomic mass is 10.0. The van der Waals surface area contributed by atoms with Gasteiger partial charge in [-0.05, 0) is 37.8 Å². The average molecular weight is 420 g/mol. The Balaban J connectivity index is 2.54. The van der Waals surface area contributed by atoms with Crippen molar-refractivity contribution in [1.29, 1.82) is 0 Å². The second-order valence-corrected chi connectivity index (χ2v) is 9.59. The van der Waals surface area contributed by atoms with E-state index in [0.717, 1.165) is 11.1 Å². The highest BCUT2D eigenvalue weighted by molar-refractivity contribution is 7.88. The molecule has 8 nitrogen and oxygen atoms in total. The van der Waals surface area contributed by atoms with Gasteiger partial charge < -0.3 is 15.4 Å². The average Bonchev–Trinajstić information content (AvgIpc) is 2.99. The molecule has 1 aromatic heterocycles. The lowest BCUT2D eigenvalue weighted by Crippen LogP contribution is -2.44. The number of sulfonamides is 1. The van der Waals surface area contributed by atoms with Gasteiger partial charge in [-0.2, -0.15) is 0 Å². The Morgan fingerprint density at radius 3 is 2.56 bits per heavy atom. The number of ether oxygens (including phenoxy) is 1. The second-order valence-electron chi connectivity index (χ2n) is 6.58. The highest BCUT2D eigenvalue weighted by Crippen LogP contribution is 2.17. The van der Waals surface area contributed by atoms with Crippen LogP contribution >= 0.6 is 11.3 Å². The largest absolute Gasteiger partial charge is 0.450 e. The van der Waals surface area contributed by atoms with Gasteiger partial charge in [0.05, 0.1) is 17.7 Å². The van der Waals surface area contributed by atoms with Crippen LogP contribution in [0.4, 0.5) is 4.79 Å². The summed E-state index contributed by atoms with van der Waals surface area (Å²) in [5, 5.41) is 5.60. The van der Waals surface area contributed by atoms with Crippen molar-refractivity contribution in [1.82, 2.24) is 15.4 Å². The molecule has 1 unspecified atom stereocenters. The van der Waals surface area contributed by atoms with Gasteiger partial charge in [-0.3, -0.25) is 4.79 Å². The Hall–Kier alpha value is -1.65. The van der Waals surface area contributed by atoms with E-state index in [1.807, 2.05) is 19.9 Å². The highest BCUT2D eigenvalue weighted by Gasteiger charge is 2.17. The van der Waals surface area contributed by atoms with Crippen molar-refractivity contribution >= 4 is 33.4 Å². The molecule has 1 rings (SSSR count). The molecule has 0 aliphatic rings. The molecule has 0 aliphatic carbocycles. The molecule has 27 heavy (non-hydrogen) atoms. The van der Waals surface area contributed by atoms with Gasteiger partial charge in [0.15, 0.2) is 0 Å². The van der Waals surface area contributed by atoms with Crippen molar-refractivity contribution in [2.45, 2.75) is 39.7 Å². The summed E-state index contributed by atoms with van der Waals surface area (Å²) in [4.78, 5) is 25.4. The maximum absolute atomic E-state index is 12.3. The minimum atomic E-state index is -3.22. The molecular formula is C17H29N3O5S2. The second kappa shape index (κ2) is 11.3. The number of thiophene rings is 1. The molecular weight excluding hydrogens is 390 g/mol. The predicted molar refractivity (Wildman–Crippen MR) is 107 cm³/mol. The Kier molecular flexibility index (Phi) is 9.75. The summed E-state index contributed by atoms with van der Waals surface area (Å²) >= 11 is 1.32. The number of carbonyl (C=O) groups excluding carboxylic acids is 2. The van der Waals surface area contributed by atoms with E-state index in [2.05, 4.69) is 15.4 Å². The normalized spacial score (nSPS) is 12.6. The van der Waals surface area contributed by atoms with Crippen LogP contribution in [0.2, 0.25) is 0 Å². The molecule has 0 spiro atoms. The van der Waals surface area contributed by atoms with Crippen LogP contribution in [-0.4, -0.2) is 52.4 Å². The molecule has 2 amide bonds. The first-order chi connectivity index (χ1) is 12.6. The topological polar surface area (TPSA) is 114 Å². The first-order valence-electron chi connectivity index (χ1n) is 8.85. The number of rotatable bonds is 11. The van der Waals surface area contributed by atoms with E-state index in [4.69, 9.17) is 4.74 Å². The molecule has 0 aliphatic heterocycles.